The molecule has 0 aliphatic rings. The van der Waals surface area contributed by atoms with E-state index >= 15 is 0 Å². The standard InChI is InChI=1S/C24H22ClN3O4/c1-3-32-21-13-12-16(14-22(21)31-2)15-26-28-24(30)18-9-5-7-11-20(18)27-23(29)17-8-4-6-10-19(17)25/h4-15H,3H2,1-2H3,(H,27,29)(H,28,30). The van der Waals surface area contributed by atoms with E-state index in [4.69, 9.17) is 21.1 Å². The van der Waals surface area contributed by atoms with Gasteiger partial charge in [0, 0.05) is 0 Å². The maximum Gasteiger partial charge on any atom is 0.273 e. The van der Waals surface area contributed by atoms with Gasteiger partial charge in [-0.3, -0.25) is 9.59 Å². The van der Waals surface area contributed by atoms with Gasteiger partial charge in [0.2, 0.25) is 0 Å². The van der Waals surface area contributed by atoms with Crippen molar-refractivity contribution in [3.63, 3.8) is 0 Å². The Labute approximate surface area is 191 Å². The highest BCUT2D eigenvalue weighted by molar-refractivity contribution is 6.34. The zero-order chi connectivity index (χ0) is 22.9. The zero-order valence-electron chi connectivity index (χ0n) is 17.6. The molecule has 0 heterocycles. The van der Waals surface area contributed by atoms with Crippen molar-refractivity contribution in [3.8, 4) is 11.5 Å². The van der Waals surface area contributed by atoms with Gasteiger partial charge in [0.1, 0.15) is 0 Å². The first-order valence-corrected chi connectivity index (χ1v) is 10.2. The number of benzene rings is 3. The van der Waals surface area contributed by atoms with Crippen molar-refractivity contribution in [2.75, 3.05) is 19.0 Å². The van der Waals surface area contributed by atoms with Crippen molar-refractivity contribution in [3.05, 3.63) is 88.4 Å². The second-order valence-corrected chi connectivity index (χ2v) is 6.93. The fraction of sp³-hybridized carbons (Fsp3) is 0.125. The lowest BCUT2D eigenvalue weighted by atomic mass is 10.1. The quantitative estimate of drug-likeness (QED) is 0.381. The largest absolute Gasteiger partial charge is 0.493 e. The van der Waals surface area contributed by atoms with Crippen LogP contribution in [0.1, 0.15) is 33.2 Å². The minimum Gasteiger partial charge on any atom is -0.493 e. The minimum atomic E-state index is -0.478. The Bertz CT molecular complexity index is 1150. The van der Waals surface area contributed by atoms with Crippen molar-refractivity contribution in [2.24, 2.45) is 5.10 Å². The minimum absolute atomic E-state index is 0.259. The molecule has 3 aromatic rings. The molecule has 3 aromatic carbocycles. The van der Waals surface area contributed by atoms with E-state index in [-0.39, 0.29) is 5.56 Å². The third kappa shape index (κ3) is 5.65. The molecule has 8 heteroatoms. The highest BCUT2D eigenvalue weighted by Crippen LogP contribution is 2.27. The van der Waals surface area contributed by atoms with E-state index in [9.17, 15) is 9.59 Å². The van der Waals surface area contributed by atoms with E-state index < -0.39 is 11.8 Å². The number of hydrogen-bond acceptors (Lipinski definition) is 5. The number of hydrazone groups is 1. The second-order valence-electron chi connectivity index (χ2n) is 6.52. The highest BCUT2D eigenvalue weighted by Gasteiger charge is 2.15. The Hall–Kier alpha value is -3.84. The molecule has 0 aliphatic heterocycles. The Morgan fingerprint density at radius 3 is 2.41 bits per heavy atom. The van der Waals surface area contributed by atoms with Gasteiger partial charge in [-0.25, -0.2) is 5.43 Å². The van der Waals surface area contributed by atoms with Crippen LogP contribution in [0.15, 0.2) is 71.8 Å². The maximum absolute atomic E-state index is 12.7. The third-order valence-electron chi connectivity index (χ3n) is 4.41. The maximum atomic E-state index is 12.7. The zero-order valence-corrected chi connectivity index (χ0v) is 18.3. The van der Waals surface area contributed by atoms with Crippen molar-refractivity contribution in [1.29, 1.82) is 0 Å². The molecule has 3 rings (SSSR count). The van der Waals surface area contributed by atoms with Gasteiger partial charge in [-0.1, -0.05) is 35.9 Å². The summed E-state index contributed by atoms with van der Waals surface area (Å²) in [5.74, 6) is 0.296. The molecule has 0 bridgehead atoms. The molecule has 0 saturated carbocycles. The van der Waals surface area contributed by atoms with Crippen LogP contribution in [0.4, 0.5) is 5.69 Å². The molecular formula is C24H22ClN3O4. The molecule has 0 atom stereocenters. The van der Waals surface area contributed by atoms with E-state index in [1.807, 2.05) is 6.92 Å². The number of hydrogen-bond donors (Lipinski definition) is 2. The van der Waals surface area contributed by atoms with Gasteiger partial charge in [-0.05, 0) is 55.0 Å². The number of nitrogens with zero attached hydrogens (tertiary/aromatic N) is 1. The summed E-state index contributed by atoms with van der Waals surface area (Å²) in [6, 6.07) is 18.6. The normalized spacial score (nSPS) is 10.6. The molecule has 0 unspecified atom stereocenters. The lowest BCUT2D eigenvalue weighted by Crippen LogP contribution is -2.21. The SMILES string of the molecule is CCOc1ccc(C=NNC(=O)c2ccccc2NC(=O)c2ccccc2Cl)cc1OC. The molecular weight excluding hydrogens is 430 g/mol. The van der Waals surface area contributed by atoms with Crippen LogP contribution in [0, 0.1) is 0 Å². The predicted octanol–water partition coefficient (Wildman–Crippen LogP) is 4.76. The molecule has 164 valence electrons. The van der Waals surface area contributed by atoms with Crippen molar-refractivity contribution in [2.45, 2.75) is 6.92 Å². The van der Waals surface area contributed by atoms with Crippen LogP contribution < -0.4 is 20.2 Å². The Morgan fingerprint density at radius 2 is 1.69 bits per heavy atom. The Morgan fingerprint density at radius 1 is 0.969 bits per heavy atom. The molecule has 7 nitrogen and oxygen atoms in total. The van der Waals surface area contributed by atoms with E-state index in [0.29, 0.717) is 39.9 Å². The number of anilines is 1. The fourth-order valence-electron chi connectivity index (χ4n) is 2.89. The summed E-state index contributed by atoms with van der Waals surface area (Å²) in [5.41, 5.74) is 4.10. The Balaban J connectivity index is 1.71. The fourth-order valence-corrected chi connectivity index (χ4v) is 3.11. The number of carbonyl (C=O) groups is 2. The summed E-state index contributed by atoms with van der Waals surface area (Å²) >= 11 is 6.09. The number of methoxy groups -OCH3 is 1. The van der Waals surface area contributed by atoms with Crippen LogP contribution in [0.5, 0.6) is 11.5 Å². The number of nitrogens with one attached hydrogen (secondary N) is 2. The topological polar surface area (TPSA) is 89.0 Å². The van der Waals surface area contributed by atoms with E-state index in [0.717, 1.165) is 0 Å². The van der Waals surface area contributed by atoms with Crippen molar-refractivity contribution >= 4 is 35.3 Å². The Kier molecular flexibility index (Phi) is 7.83. The van der Waals surface area contributed by atoms with Gasteiger partial charge in [0.25, 0.3) is 11.8 Å². The summed E-state index contributed by atoms with van der Waals surface area (Å²) in [7, 11) is 1.55. The van der Waals surface area contributed by atoms with Gasteiger partial charge in [-0.15, -0.1) is 0 Å². The van der Waals surface area contributed by atoms with Crippen LogP contribution in [-0.2, 0) is 0 Å². The molecule has 32 heavy (non-hydrogen) atoms. The van der Waals surface area contributed by atoms with Gasteiger partial charge in [0.15, 0.2) is 11.5 Å². The third-order valence-corrected chi connectivity index (χ3v) is 4.74. The summed E-state index contributed by atoms with van der Waals surface area (Å²) in [4.78, 5) is 25.2. The molecule has 2 amide bonds. The predicted molar refractivity (Wildman–Crippen MR) is 125 cm³/mol. The monoisotopic (exact) mass is 451 g/mol. The summed E-state index contributed by atoms with van der Waals surface area (Å²) in [5, 5.41) is 7.05. The van der Waals surface area contributed by atoms with Crippen molar-refractivity contribution in [1.82, 2.24) is 5.43 Å². The first-order chi connectivity index (χ1) is 15.5. The van der Waals surface area contributed by atoms with E-state index in [1.54, 1.807) is 73.8 Å². The number of halogens is 1. The smallest absolute Gasteiger partial charge is 0.273 e. The number of rotatable bonds is 8. The van der Waals surface area contributed by atoms with Gasteiger partial charge >= 0.3 is 0 Å². The molecule has 0 saturated heterocycles. The molecule has 0 aliphatic carbocycles. The van der Waals surface area contributed by atoms with Crippen LogP contribution in [0.3, 0.4) is 0 Å². The number of ether oxygens (including phenoxy) is 2. The van der Waals surface area contributed by atoms with Gasteiger partial charge in [-0.2, -0.15) is 5.10 Å². The van der Waals surface area contributed by atoms with Gasteiger partial charge in [0.05, 0.1) is 41.8 Å². The second kappa shape index (κ2) is 11.0. The molecule has 0 fully saturated rings. The van der Waals surface area contributed by atoms with Crippen LogP contribution in [0.2, 0.25) is 5.02 Å². The average Bonchev–Trinajstić information content (AvgIpc) is 2.80. The summed E-state index contributed by atoms with van der Waals surface area (Å²) in [6.07, 6.45) is 1.49. The van der Waals surface area contributed by atoms with Gasteiger partial charge < -0.3 is 14.8 Å². The summed E-state index contributed by atoms with van der Waals surface area (Å²) < 4.78 is 10.8. The summed E-state index contributed by atoms with van der Waals surface area (Å²) in [6.45, 7) is 2.41. The lowest BCUT2D eigenvalue weighted by molar-refractivity contribution is 0.0956. The lowest BCUT2D eigenvalue weighted by Gasteiger charge is -2.11. The van der Waals surface area contributed by atoms with Crippen LogP contribution >= 0.6 is 11.6 Å². The van der Waals surface area contributed by atoms with Crippen LogP contribution in [0.25, 0.3) is 0 Å². The average molecular weight is 452 g/mol. The number of amides is 2. The van der Waals surface area contributed by atoms with E-state index in [2.05, 4.69) is 15.8 Å². The molecule has 0 spiro atoms. The molecule has 0 radical (unpaired) electrons. The molecule has 0 aromatic heterocycles. The highest BCUT2D eigenvalue weighted by atomic mass is 35.5. The molecule has 2 N–H and O–H groups in total. The van der Waals surface area contributed by atoms with Crippen molar-refractivity contribution < 1.29 is 19.1 Å². The van der Waals surface area contributed by atoms with Crippen LogP contribution in [-0.4, -0.2) is 31.7 Å². The van der Waals surface area contributed by atoms with E-state index in [1.165, 1.54) is 6.21 Å². The first kappa shape index (κ1) is 22.8. The number of carbonyl (C=O) groups excluding carboxylic acids is 2. The number of para-hydroxylation sites is 1. The first-order valence-electron chi connectivity index (χ1n) is 9.82.